The van der Waals surface area contributed by atoms with E-state index in [2.05, 4.69) is 42.2 Å². The van der Waals surface area contributed by atoms with Crippen LogP contribution in [0.3, 0.4) is 0 Å². The van der Waals surface area contributed by atoms with Gasteiger partial charge in [0.25, 0.3) is 0 Å². The van der Waals surface area contributed by atoms with E-state index in [1.807, 2.05) is 0 Å². The van der Waals surface area contributed by atoms with Crippen molar-refractivity contribution < 1.29 is 4.74 Å². The van der Waals surface area contributed by atoms with Gasteiger partial charge in [-0.1, -0.05) is 30.3 Å². The highest BCUT2D eigenvalue weighted by Crippen LogP contribution is 2.25. The lowest BCUT2D eigenvalue weighted by Gasteiger charge is -2.27. The van der Waals surface area contributed by atoms with E-state index in [4.69, 9.17) is 4.74 Å². The number of hydrogen-bond donors (Lipinski definition) is 0. The fraction of sp³-hybridized carbons (Fsp3) is 0.538. The summed E-state index contributed by atoms with van der Waals surface area (Å²) in [6.45, 7) is 5.17. The fourth-order valence-electron chi connectivity index (χ4n) is 2.16. The Kier molecular flexibility index (Phi) is 3.75. The van der Waals surface area contributed by atoms with E-state index < -0.39 is 0 Å². The predicted octanol–water partition coefficient (Wildman–Crippen LogP) is 2.82. The normalized spacial score (nSPS) is 19.3. The maximum absolute atomic E-state index is 5.84. The first-order valence-electron chi connectivity index (χ1n) is 5.82. The van der Waals surface area contributed by atoms with Crippen LogP contribution < -0.4 is 0 Å². The minimum Gasteiger partial charge on any atom is -0.359 e. The second kappa shape index (κ2) is 5.29. The number of benzene rings is 1. The molecule has 1 aromatic carbocycles. The second-order valence-corrected chi connectivity index (χ2v) is 3.96. The number of hydrogen-bond acceptors (Lipinski definition) is 2. The topological polar surface area (TPSA) is 12.5 Å². The zero-order valence-electron chi connectivity index (χ0n) is 9.36. The van der Waals surface area contributed by atoms with Gasteiger partial charge in [0.05, 0.1) is 0 Å². The fourth-order valence-corrected chi connectivity index (χ4v) is 2.16. The van der Waals surface area contributed by atoms with Crippen molar-refractivity contribution in [3.05, 3.63) is 35.9 Å². The lowest BCUT2D eigenvalue weighted by atomic mass is 10.2. The van der Waals surface area contributed by atoms with Crippen LogP contribution in [-0.4, -0.2) is 24.6 Å². The summed E-state index contributed by atoms with van der Waals surface area (Å²) in [5.41, 5.74) is 1.28. The average molecular weight is 205 g/mol. The van der Waals surface area contributed by atoms with Crippen molar-refractivity contribution in [1.29, 1.82) is 0 Å². The molecule has 1 aliphatic rings. The smallest absolute Gasteiger partial charge is 0.136 e. The molecule has 0 aromatic heterocycles. The summed E-state index contributed by atoms with van der Waals surface area (Å²) in [5.74, 6) is 0. The molecule has 0 spiro atoms. The molecule has 15 heavy (non-hydrogen) atoms. The molecule has 1 atom stereocenters. The van der Waals surface area contributed by atoms with Crippen molar-refractivity contribution in [2.45, 2.75) is 26.0 Å². The van der Waals surface area contributed by atoms with Gasteiger partial charge in [0.15, 0.2) is 0 Å². The van der Waals surface area contributed by atoms with Gasteiger partial charge >= 0.3 is 0 Å². The van der Waals surface area contributed by atoms with E-state index >= 15 is 0 Å². The van der Waals surface area contributed by atoms with E-state index in [0.717, 1.165) is 6.61 Å². The van der Waals surface area contributed by atoms with Gasteiger partial charge in [0.2, 0.25) is 0 Å². The molecular formula is C13H19NO. The van der Waals surface area contributed by atoms with E-state index in [-0.39, 0.29) is 6.23 Å². The Balaban J connectivity index is 2.11. The van der Waals surface area contributed by atoms with Crippen LogP contribution in [0.2, 0.25) is 0 Å². The molecule has 1 aromatic rings. The summed E-state index contributed by atoms with van der Waals surface area (Å²) in [6.07, 6.45) is 2.77. The minimum absolute atomic E-state index is 0.165. The van der Waals surface area contributed by atoms with Crippen LogP contribution in [0.1, 0.15) is 31.6 Å². The van der Waals surface area contributed by atoms with Crippen LogP contribution in [0.15, 0.2) is 30.3 Å². The zero-order valence-corrected chi connectivity index (χ0v) is 9.36. The molecule has 0 bridgehead atoms. The van der Waals surface area contributed by atoms with Crippen molar-refractivity contribution in [3.8, 4) is 0 Å². The maximum Gasteiger partial charge on any atom is 0.136 e. The largest absolute Gasteiger partial charge is 0.359 e. The maximum atomic E-state index is 5.84. The van der Waals surface area contributed by atoms with Crippen LogP contribution in [0.5, 0.6) is 0 Å². The van der Waals surface area contributed by atoms with Crippen molar-refractivity contribution in [2.75, 3.05) is 19.7 Å². The zero-order chi connectivity index (χ0) is 10.5. The van der Waals surface area contributed by atoms with Gasteiger partial charge in [0, 0.05) is 19.7 Å². The first kappa shape index (κ1) is 10.7. The van der Waals surface area contributed by atoms with Gasteiger partial charge in [-0.05, 0) is 25.3 Å². The van der Waals surface area contributed by atoms with Crippen LogP contribution in [0.4, 0.5) is 0 Å². The average Bonchev–Trinajstić information content (AvgIpc) is 2.80. The Morgan fingerprint density at radius 3 is 2.47 bits per heavy atom. The highest BCUT2D eigenvalue weighted by molar-refractivity contribution is 5.17. The Hall–Kier alpha value is -0.860. The number of nitrogens with zero attached hydrogens (tertiary/aromatic N) is 1. The highest BCUT2D eigenvalue weighted by Gasteiger charge is 2.23. The van der Waals surface area contributed by atoms with Crippen molar-refractivity contribution in [1.82, 2.24) is 4.90 Å². The highest BCUT2D eigenvalue weighted by atomic mass is 16.5. The van der Waals surface area contributed by atoms with Crippen LogP contribution in [0, 0.1) is 0 Å². The summed E-state index contributed by atoms with van der Waals surface area (Å²) >= 11 is 0. The van der Waals surface area contributed by atoms with Crippen LogP contribution >= 0.6 is 0 Å². The van der Waals surface area contributed by atoms with E-state index in [1.54, 1.807) is 0 Å². The predicted molar refractivity (Wildman–Crippen MR) is 61.6 cm³/mol. The quantitative estimate of drug-likeness (QED) is 0.749. The molecule has 2 rings (SSSR count). The van der Waals surface area contributed by atoms with Gasteiger partial charge < -0.3 is 4.74 Å². The molecule has 1 aliphatic heterocycles. The van der Waals surface area contributed by atoms with E-state index in [1.165, 1.54) is 31.5 Å². The van der Waals surface area contributed by atoms with Gasteiger partial charge in [0.1, 0.15) is 6.23 Å². The molecule has 2 heteroatoms. The summed E-state index contributed by atoms with van der Waals surface area (Å²) in [5, 5.41) is 0. The van der Waals surface area contributed by atoms with Crippen molar-refractivity contribution in [2.24, 2.45) is 0 Å². The molecule has 0 saturated carbocycles. The molecule has 2 nitrogen and oxygen atoms in total. The van der Waals surface area contributed by atoms with Gasteiger partial charge in [-0.2, -0.15) is 0 Å². The number of rotatable bonds is 4. The standard InChI is InChI=1S/C13H19NO/c1-2-15-13(14-10-6-7-11-14)12-8-4-3-5-9-12/h3-5,8-9,13H,2,6-7,10-11H2,1H3. The third-order valence-corrected chi connectivity index (χ3v) is 2.88. The van der Waals surface area contributed by atoms with Crippen LogP contribution in [-0.2, 0) is 4.74 Å². The third-order valence-electron chi connectivity index (χ3n) is 2.88. The summed E-state index contributed by atoms with van der Waals surface area (Å²) in [7, 11) is 0. The Bertz CT molecular complexity index is 280. The first-order valence-corrected chi connectivity index (χ1v) is 5.82. The van der Waals surface area contributed by atoms with Crippen molar-refractivity contribution >= 4 is 0 Å². The van der Waals surface area contributed by atoms with E-state index in [0.29, 0.717) is 0 Å². The summed E-state index contributed by atoms with van der Waals surface area (Å²) < 4.78 is 5.84. The molecule has 0 N–H and O–H groups in total. The molecule has 0 aliphatic carbocycles. The first-order chi connectivity index (χ1) is 7.42. The summed E-state index contributed by atoms with van der Waals surface area (Å²) in [4.78, 5) is 2.43. The van der Waals surface area contributed by atoms with Crippen molar-refractivity contribution in [3.63, 3.8) is 0 Å². The molecule has 1 unspecified atom stereocenters. The Morgan fingerprint density at radius 1 is 1.20 bits per heavy atom. The third kappa shape index (κ3) is 2.58. The van der Waals surface area contributed by atoms with Crippen LogP contribution in [0.25, 0.3) is 0 Å². The molecular weight excluding hydrogens is 186 g/mol. The minimum atomic E-state index is 0.165. The summed E-state index contributed by atoms with van der Waals surface area (Å²) in [6, 6.07) is 10.5. The molecule has 1 heterocycles. The van der Waals surface area contributed by atoms with E-state index in [9.17, 15) is 0 Å². The number of likely N-dealkylation sites (tertiary alicyclic amines) is 1. The monoisotopic (exact) mass is 205 g/mol. The molecule has 82 valence electrons. The molecule has 1 saturated heterocycles. The molecule has 0 amide bonds. The second-order valence-electron chi connectivity index (χ2n) is 3.96. The lowest BCUT2D eigenvalue weighted by molar-refractivity contribution is -0.0462. The van der Waals surface area contributed by atoms with Gasteiger partial charge in [-0.3, -0.25) is 4.90 Å². The number of ether oxygens (including phenoxy) is 1. The van der Waals surface area contributed by atoms with Gasteiger partial charge in [-0.25, -0.2) is 0 Å². The Morgan fingerprint density at radius 2 is 1.87 bits per heavy atom. The molecule has 1 fully saturated rings. The lowest BCUT2D eigenvalue weighted by Crippen LogP contribution is -2.27. The SMILES string of the molecule is CCOC(c1ccccc1)N1CCCC1. The van der Waals surface area contributed by atoms with Gasteiger partial charge in [-0.15, -0.1) is 0 Å². The Labute approximate surface area is 91.9 Å². The molecule has 0 radical (unpaired) electrons.